The van der Waals surface area contributed by atoms with E-state index in [4.69, 9.17) is 5.73 Å². The maximum Gasteiger partial charge on any atom is 0.325 e. The number of carbonyl (C=O) groups excluding carboxylic acids is 3. The third-order valence-electron chi connectivity index (χ3n) is 6.92. The molecule has 220 valence electrons. The molecule has 0 radical (unpaired) electrons. The van der Waals surface area contributed by atoms with Crippen LogP contribution in [0.4, 0.5) is 0 Å². The Hall–Kier alpha value is -5.17. The average Bonchev–Trinajstić information content (AvgIpc) is 3.56. The molecule has 4 aromatic rings. The summed E-state index contributed by atoms with van der Waals surface area (Å²) >= 11 is 0. The number of aromatic nitrogens is 2. The van der Waals surface area contributed by atoms with Gasteiger partial charge in [0, 0.05) is 40.6 Å². The number of amides is 3. The SMILES string of the molecule is CC(NC(=O)C(Cc1c[nH]c2ccccc12)NC(=O)C(CC(=O)O)NC(=O)C(N)Cc1c[nH]c2ccccc12)C(=O)O. The number of aliphatic carboxylic acids is 2. The van der Waals surface area contributed by atoms with Crippen LogP contribution in [0.2, 0.25) is 0 Å². The average molecular weight is 577 g/mol. The van der Waals surface area contributed by atoms with E-state index in [1.54, 1.807) is 18.5 Å². The maximum absolute atomic E-state index is 13.3. The quantitative estimate of drug-likeness (QED) is 0.113. The molecule has 42 heavy (non-hydrogen) atoms. The summed E-state index contributed by atoms with van der Waals surface area (Å²) in [6, 6.07) is 9.53. The third-order valence-corrected chi connectivity index (χ3v) is 6.92. The van der Waals surface area contributed by atoms with Gasteiger partial charge in [0.1, 0.15) is 18.1 Å². The highest BCUT2D eigenvalue weighted by molar-refractivity contribution is 5.96. The number of H-pyrrole nitrogens is 2. The van der Waals surface area contributed by atoms with E-state index in [1.807, 2.05) is 42.5 Å². The number of rotatable bonds is 13. The largest absolute Gasteiger partial charge is 0.481 e. The maximum atomic E-state index is 13.3. The molecule has 0 aliphatic rings. The molecule has 4 rings (SSSR count). The number of carbonyl (C=O) groups is 5. The van der Waals surface area contributed by atoms with Gasteiger partial charge in [-0.2, -0.15) is 0 Å². The van der Waals surface area contributed by atoms with Gasteiger partial charge < -0.3 is 41.9 Å². The van der Waals surface area contributed by atoms with Crippen molar-refractivity contribution >= 4 is 51.5 Å². The minimum absolute atomic E-state index is 0.0399. The van der Waals surface area contributed by atoms with Crippen LogP contribution in [0, 0.1) is 0 Å². The Morgan fingerprint density at radius 1 is 0.738 bits per heavy atom. The van der Waals surface area contributed by atoms with Crippen LogP contribution in [0.5, 0.6) is 0 Å². The highest BCUT2D eigenvalue weighted by atomic mass is 16.4. The topological polar surface area (TPSA) is 220 Å². The van der Waals surface area contributed by atoms with Gasteiger partial charge in [-0.1, -0.05) is 36.4 Å². The summed E-state index contributed by atoms with van der Waals surface area (Å²) in [5.74, 6) is -5.12. The standard InChI is InChI=1S/C29H32N6O7/c1-15(29(41)42)33-27(39)23(11-17-14-32-22-9-5-3-7-19(17)22)35-28(40)24(12-25(36)37)34-26(38)20(30)10-16-13-31-21-8-4-2-6-18(16)21/h2-9,13-15,20,23-24,31-32H,10-12,30H2,1H3,(H,33,39)(H,34,38)(H,35,40)(H,36,37)(H,41,42). The van der Waals surface area contributed by atoms with Gasteiger partial charge >= 0.3 is 11.9 Å². The molecule has 9 N–H and O–H groups in total. The number of fused-ring (bicyclic) bond motifs is 2. The van der Waals surface area contributed by atoms with Crippen LogP contribution in [0.1, 0.15) is 24.5 Å². The van der Waals surface area contributed by atoms with Crippen molar-refractivity contribution in [3.63, 3.8) is 0 Å². The monoisotopic (exact) mass is 576 g/mol. The van der Waals surface area contributed by atoms with Gasteiger partial charge in [0.2, 0.25) is 17.7 Å². The van der Waals surface area contributed by atoms with Gasteiger partial charge in [0.15, 0.2) is 0 Å². The van der Waals surface area contributed by atoms with Crippen LogP contribution in [-0.2, 0) is 36.8 Å². The number of nitrogens with one attached hydrogen (secondary N) is 5. The van der Waals surface area contributed by atoms with E-state index in [0.717, 1.165) is 27.4 Å². The van der Waals surface area contributed by atoms with Crippen LogP contribution in [0.25, 0.3) is 21.8 Å². The van der Waals surface area contributed by atoms with Crippen molar-refractivity contribution in [1.29, 1.82) is 0 Å². The van der Waals surface area contributed by atoms with Gasteiger partial charge in [0.25, 0.3) is 0 Å². The van der Waals surface area contributed by atoms with Crippen LogP contribution in [0.3, 0.4) is 0 Å². The molecular weight excluding hydrogens is 544 g/mol. The predicted molar refractivity (Wildman–Crippen MR) is 153 cm³/mol. The Kier molecular flexibility index (Phi) is 9.22. The Bertz CT molecular complexity index is 1630. The Balaban J connectivity index is 1.51. The zero-order chi connectivity index (χ0) is 30.4. The van der Waals surface area contributed by atoms with Crippen molar-refractivity contribution < 1.29 is 34.2 Å². The lowest BCUT2D eigenvalue weighted by Crippen LogP contribution is -2.58. The van der Waals surface area contributed by atoms with Gasteiger partial charge in [-0.3, -0.25) is 24.0 Å². The van der Waals surface area contributed by atoms with E-state index < -0.39 is 60.2 Å². The highest BCUT2D eigenvalue weighted by Gasteiger charge is 2.31. The summed E-state index contributed by atoms with van der Waals surface area (Å²) in [4.78, 5) is 68.5. The molecule has 4 unspecified atom stereocenters. The number of aromatic amines is 2. The smallest absolute Gasteiger partial charge is 0.325 e. The molecule has 0 aliphatic carbocycles. The zero-order valence-corrected chi connectivity index (χ0v) is 22.7. The van der Waals surface area contributed by atoms with E-state index in [0.29, 0.717) is 5.56 Å². The molecule has 4 atom stereocenters. The van der Waals surface area contributed by atoms with Crippen LogP contribution < -0.4 is 21.7 Å². The first kappa shape index (κ1) is 29.8. The molecule has 13 heteroatoms. The van der Waals surface area contributed by atoms with Crippen molar-refractivity contribution in [3.8, 4) is 0 Å². The Morgan fingerprint density at radius 2 is 1.24 bits per heavy atom. The van der Waals surface area contributed by atoms with E-state index in [9.17, 15) is 34.2 Å². The van der Waals surface area contributed by atoms with E-state index in [1.165, 1.54) is 6.92 Å². The fourth-order valence-electron chi connectivity index (χ4n) is 4.67. The lowest BCUT2D eigenvalue weighted by atomic mass is 10.0. The number of para-hydroxylation sites is 2. The molecule has 0 saturated heterocycles. The summed E-state index contributed by atoms with van der Waals surface area (Å²) in [7, 11) is 0. The second-order valence-electron chi connectivity index (χ2n) is 10.0. The summed E-state index contributed by atoms with van der Waals surface area (Å²) in [6.45, 7) is 1.27. The highest BCUT2D eigenvalue weighted by Crippen LogP contribution is 2.20. The van der Waals surface area contributed by atoms with Crippen molar-refractivity contribution in [2.24, 2.45) is 5.73 Å². The molecule has 0 saturated carbocycles. The van der Waals surface area contributed by atoms with Crippen LogP contribution >= 0.6 is 0 Å². The Labute approximate surface area is 239 Å². The molecule has 3 amide bonds. The molecule has 0 bridgehead atoms. The van der Waals surface area contributed by atoms with E-state index in [-0.39, 0.29) is 12.8 Å². The van der Waals surface area contributed by atoms with Crippen molar-refractivity contribution in [2.45, 2.75) is 50.4 Å². The fraction of sp³-hybridized carbons (Fsp3) is 0.276. The van der Waals surface area contributed by atoms with Crippen LogP contribution in [0.15, 0.2) is 60.9 Å². The minimum Gasteiger partial charge on any atom is -0.481 e. The summed E-state index contributed by atoms with van der Waals surface area (Å²) in [5.41, 5.74) is 9.21. The first-order valence-corrected chi connectivity index (χ1v) is 13.2. The molecule has 0 fully saturated rings. The molecular formula is C29H32N6O7. The van der Waals surface area contributed by atoms with Gasteiger partial charge in [-0.05, 0) is 36.6 Å². The summed E-state index contributed by atoms with van der Waals surface area (Å²) in [6.07, 6.45) is 2.70. The molecule has 2 aromatic heterocycles. The number of carboxylic acids is 2. The fourth-order valence-corrected chi connectivity index (χ4v) is 4.67. The molecule has 2 heterocycles. The number of hydrogen-bond acceptors (Lipinski definition) is 6. The number of benzene rings is 2. The van der Waals surface area contributed by atoms with E-state index >= 15 is 0 Å². The van der Waals surface area contributed by atoms with Crippen molar-refractivity contribution in [1.82, 2.24) is 25.9 Å². The van der Waals surface area contributed by atoms with Gasteiger partial charge in [-0.15, -0.1) is 0 Å². The lowest BCUT2D eigenvalue weighted by molar-refractivity contribution is -0.143. The molecule has 0 spiro atoms. The third kappa shape index (κ3) is 7.12. The second-order valence-corrected chi connectivity index (χ2v) is 10.0. The van der Waals surface area contributed by atoms with Gasteiger partial charge in [-0.25, -0.2) is 0 Å². The van der Waals surface area contributed by atoms with E-state index in [2.05, 4.69) is 25.9 Å². The number of carboxylic acid groups (broad SMARTS) is 2. The normalized spacial score (nSPS) is 14.0. The summed E-state index contributed by atoms with van der Waals surface area (Å²) in [5, 5.41) is 27.6. The first-order chi connectivity index (χ1) is 20.0. The zero-order valence-electron chi connectivity index (χ0n) is 22.7. The molecule has 13 nitrogen and oxygen atoms in total. The number of hydrogen-bond donors (Lipinski definition) is 8. The molecule has 2 aromatic carbocycles. The predicted octanol–water partition coefficient (Wildman–Crippen LogP) is 0.795. The lowest BCUT2D eigenvalue weighted by Gasteiger charge is -2.24. The van der Waals surface area contributed by atoms with Gasteiger partial charge in [0.05, 0.1) is 12.5 Å². The number of nitrogens with two attached hydrogens (primary N) is 1. The summed E-state index contributed by atoms with van der Waals surface area (Å²) < 4.78 is 0. The Morgan fingerprint density at radius 3 is 1.79 bits per heavy atom. The van der Waals surface area contributed by atoms with Crippen molar-refractivity contribution in [3.05, 3.63) is 72.1 Å². The second kappa shape index (κ2) is 13.0. The van der Waals surface area contributed by atoms with Crippen molar-refractivity contribution in [2.75, 3.05) is 0 Å². The minimum atomic E-state index is -1.56. The molecule has 0 aliphatic heterocycles. The van der Waals surface area contributed by atoms with Crippen LogP contribution in [-0.4, -0.2) is 74.0 Å². The first-order valence-electron chi connectivity index (χ1n) is 13.2.